The molecule has 4 rings (SSSR count). The zero-order valence-corrected chi connectivity index (χ0v) is 17.5. The molecule has 1 unspecified atom stereocenters. The van der Waals surface area contributed by atoms with Gasteiger partial charge < -0.3 is 10.2 Å². The van der Waals surface area contributed by atoms with Crippen LogP contribution < -0.4 is 5.32 Å². The lowest BCUT2D eigenvalue weighted by atomic mass is 9.95. The summed E-state index contributed by atoms with van der Waals surface area (Å²) in [5.41, 5.74) is 2.98. The Morgan fingerprint density at radius 2 is 1.80 bits per heavy atom. The Balaban J connectivity index is 1.79. The molecular weight excluding hydrogens is 447 g/mol. The topological polar surface area (TPSA) is 49.4 Å². The summed E-state index contributed by atoms with van der Waals surface area (Å²) in [6.45, 7) is -0.119. The quantitative estimate of drug-likeness (QED) is 0.543. The Bertz CT molecular complexity index is 1110. The van der Waals surface area contributed by atoms with Crippen LogP contribution in [0.3, 0.4) is 0 Å². The van der Waals surface area contributed by atoms with Gasteiger partial charge in [0.25, 0.3) is 0 Å². The number of nitrogens with zero attached hydrogens (tertiary/aromatic N) is 1. The standard InChI is InChI=1S/C24H18BrFN2O2/c25-18-9-12-21-20(14-18)24(17-7-10-19(26)11-8-17)28(15-22(29)27-21)23(30)13-6-16-4-2-1-3-5-16/h1-14,24H,15H2,(H,27,29). The molecule has 0 saturated heterocycles. The number of hydrogen-bond donors (Lipinski definition) is 1. The van der Waals surface area contributed by atoms with Crippen molar-refractivity contribution in [3.63, 3.8) is 0 Å². The van der Waals surface area contributed by atoms with Crippen molar-refractivity contribution in [1.82, 2.24) is 4.90 Å². The molecule has 0 aliphatic carbocycles. The molecule has 6 heteroatoms. The fourth-order valence-electron chi connectivity index (χ4n) is 3.51. The fraction of sp³-hybridized carbons (Fsp3) is 0.0833. The van der Waals surface area contributed by atoms with Crippen LogP contribution in [0.5, 0.6) is 0 Å². The first-order valence-electron chi connectivity index (χ1n) is 9.40. The molecule has 0 aromatic heterocycles. The highest BCUT2D eigenvalue weighted by atomic mass is 79.9. The summed E-state index contributed by atoms with van der Waals surface area (Å²) in [7, 11) is 0. The molecule has 150 valence electrons. The maximum atomic E-state index is 13.6. The number of halogens is 2. The lowest BCUT2D eigenvalue weighted by molar-refractivity contribution is -0.131. The van der Waals surface area contributed by atoms with Crippen LogP contribution in [-0.2, 0) is 9.59 Å². The summed E-state index contributed by atoms with van der Waals surface area (Å²) < 4.78 is 14.4. The molecular formula is C24H18BrFN2O2. The van der Waals surface area contributed by atoms with E-state index in [1.165, 1.54) is 23.1 Å². The van der Waals surface area contributed by atoms with Crippen LogP contribution in [0.15, 0.2) is 83.3 Å². The third kappa shape index (κ3) is 4.33. The lowest BCUT2D eigenvalue weighted by Gasteiger charge is -2.30. The molecule has 3 aromatic rings. The minimum absolute atomic E-state index is 0.119. The fourth-order valence-corrected chi connectivity index (χ4v) is 3.89. The third-order valence-electron chi connectivity index (χ3n) is 4.89. The average molecular weight is 465 g/mol. The minimum Gasteiger partial charge on any atom is -0.324 e. The van der Waals surface area contributed by atoms with Gasteiger partial charge in [-0.05, 0) is 47.5 Å². The number of hydrogen-bond acceptors (Lipinski definition) is 2. The number of amides is 2. The predicted molar refractivity (Wildman–Crippen MR) is 118 cm³/mol. The van der Waals surface area contributed by atoms with Gasteiger partial charge in [0.1, 0.15) is 12.4 Å². The molecule has 1 aliphatic rings. The Labute approximate surface area is 182 Å². The van der Waals surface area contributed by atoms with Crippen LogP contribution in [-0.4, -0.2) is 23.3 Å². The number of carbonyl (C=O) groups is 2. The SMILES string of the molecule is O=C1CN(C(=O)C=Cc2ccccc2)C(c2ccc(F)cc2)c2cc(Br)ccc2N1. The summed E-state index contributed by atoms with van der Waals surface area (Å²) >= 11 is 3.47. The van der Waals surface area contributed by atoms with Gasteiger partial charge in [-0.15, -0.1) is 0 Å². The van der Waals surface area contributed by atoms with Crippen molar-refractivity contribution in [3.05, 3.63) is 106 Å². The molecule has 0 spiro atoms. The number of benzene rings is 3. The van der Waals surface area contributed by atoms with Crippen molar-refractivity contribution in [3.8, 4) is 0 Å². The summed E-state index contributed by atoms with van der Waals surface area (Å²) in [6, 6.07) is 20.4. The van der Waals surface area contributed by atoms with Gasteiger partial charge >= 0.3 is 0 Å². The average Bonchev–Trinajstić information content (AvgIpc) is 2.89. The van der Waals surface area contributed by atoms with E-state index < -0.39 is 6.04 Å². The van der Waals surface area contributed by atoms with Crippen LogP contribution in [0.2, 0.25) is 0 Å². The summed E-state index contributed by atoms with van der Waals surface area (Å²) in [5, 5.41) is 2.87. The van der Waals surface area contributed by atoms with Gasteiger partial charge in [0, 0.05) is 21.8 Å². The third-order valence-corrected chi connectivity index (χ3v) is 5.39. The summed E-state index contributed by atoms with van der Waals surface area (Å²) in [4.78, 5) is 27.2. The molecule has 30 heavy (non-hydrogen) atoms. The normalized spacial score (nSPS) is 16.1. The first-order chi connectivity index (χ1) is 14.5. The molecule has 1 atom stereocenters. The molecule has 0 saturated carbocycles. The van der Waals surface area contributed by atoms with E-state index in [0.717, 1.165) is 15.6 Å². The van der Waals surface area contributed by atoms with Gasteiger partial charge in [0.05, 0.1) is 6.04 Å². The smallest absolute Gasteiger partial charge is 0.247 e. The van der Waals surface area contributed by atoms with Crippen LogP contribution >= 0.6 is 15.9 Å². The second-order valence-corrected chi connectivity index (χ2v) is 7.86. The molecule has 4 nitrogen and oxygen atoms in total. The number of fused-ring (bicyclic) bond motifs is 1. The van der Waals surface area contributed by atoms with E-state index in [0.29, 0.717) is 11.3 Å². The second kappa shape index (κ2) is 8.63. The molecule has 0 fully saturated rings. The molecule has 3 aromatic carbocycles. The Morgan fingerprint density at radius 3 is 2.53 bits per heavy atom. The lowest BCUT2D eigenvalue weighted by Crippen LogP contribution is -2.38. The molecule has 0 bridgehead atoms. The van der Waals surface area contributed by atoms with Crippen LogP contribution in [0.4, 0.5) is 10.1 Å². The van der Waals surface area contributed by atoms with E-state index in [9.17, 15) is 14.0 Å². The van der Waals surface area contributed by atoms with E-state index >= 15 is 0 Å². The number of rotatable bonds is 3. The van der Waals surface area contributed by atoms with Gasteiger partial charge in [-0.25, -0.2) is 4.39 Å². The van der Waals surface area contributed by atoms with Gasteiger partial charge in [0.2, 0.25) is 11.8 Å². The Kier molecular flexibility index (Phi) is 5.77. The summed E-state index contributed by atoms with van der Waals surface area (Å²) in [6.07, 6.45) is 3.18. The maximum absolute atomic E-state index is 13.6. The van der Waals surface area contributed by atoms with Gasteiger partial charge in [0.15, 0.2) is 0 Å². The zero-order valence-electron chi connectivity index (χ0n) is 15.9. The van der Waals surface area contributed by atoms with Gasteiger partial charge in [-0.1, -0.05) is 58.4 Å². The van der Waals surface area contributed by atoms with E-state index in [2.05, 4.69) is 21.2 Å². The summed E-state index contributed by atoms with van der Waals surface area (Å²) in [5.74, 6) is -0.960. The molecule has 2 amide bonds. The van der Waals surface area contributed by atoms with Crippen molar-refractivity contribution >= 4 is 39.5 Å². The van der Waals surface area contributed by atoms with Crippen molar-refractivity contribution in [2.75, 3.05) is 11.9 Å². The highest BCUT2D eigenvalue weighted by Gasteiger charge is 2.32. The van der Waals surface area contributed by atoms with E-state index in [-0.39, 0.29) is 24.2 Å². The minimum atomic E-state index is -0.551. The van der Waals surface area contributed by atoms with Gasteiger partial charge in [-0.3, -0.25) is 9.59 Å². The first kappa shape index (κ1) is 20.0. The van der Waals surface area contributed by atoms with Gasteiger partial charge in [-0.2, -0.15) is 0 Å². The molecule has 1 aliphatic heterocycles. The number of anilines is 1. The Morgan fingerprint density at radius 1 is 1.07 bits per heavy atom. The van der Waals surface area contributed by atoms with Crippen LogP contribution in [0.1, 0.15) is 22.7 Å². The second-order valence-electron chi connectivity index (χ2n) is 6.94. The molecule has 1 heterocycles. The van der Waals surface area contributed by atoms with E-state index in [1.54, 1.807) is 24.3 Å². The monoisotopic (exact) mass is 464 g/mol. The zero-order chi connectivity index (χ0) is 21.1. The highest BCUT2D eigenvalue weighted by molar-refractivity contribution is 9.10. The van der Waals surface area contributed by atoms with E-state index in [4.69, 9.17) is 0 Å². The van der Waals surface area contributed by atoms with Crippen molar-refractivity contribution in [2.45, 2.75) is 6.04 Å². The van der Waals surface area contributed by atoms with Crippen molar-refractivity contribution in [2.24, 2.45) is 0 Å². The maximum Gasteiger partial charge on any atom is 0.247 e. The Hall–Kier alpha value is -3.25. The molecule has 0 radical (unpaired) electrons. The number of carbonyl (C=O) groups excluding carboxylic acids is 2. The molecule has 1 N–H and O–H groups in total. The number of nitrogens with one attached hydrogen (secondary N) is 1. The van der Waals surface area contributed by atoms with E-state index in [1.807, 2.05) is 42.5 Å². The predicted octanol–water partition coefficient (Wildman–Crippen LogP) is 5.17. The van der Waals surface area contributed by atoms with Crippen molar-refractivity contribution < 1.29 is 14.0 Å². The van der Waals surface area contributed by atoms with Crippen LogP contribution in [0, 0.1) is 5.82 Å². The van der Waals surface area contributed by atoms with Crippen LogP contribution in [0.25, 0.3) is 6.08 Å². The first-order valence-corrected chi connectivity index (χ1v) is 10.2. The largest absolute Gasteiger partial charge is 0.324 e. The van der Waals surface area contributed by atoms with Crippen molar-refractivity contribution in [1.29, 1.82) is 0 Å². The highest BCUT2D eigenvalue weighted by Crippen LogP contribution is 2.37.